The van der Waals surface area contributed by atoms with Gasteiger partial charge >= 0.3 is 0 Å². The lowest BCUT2D eigenvalue weighted by Crippen LogP contribution is -2.39. The maximum Gasteiger partial charge on any atom is 0.190 e. The zero-order valence-electron chi connectivity index (χ0n) is 17.2. The van der Waals surface area contributed by atoms with Crippen LogP contribution in [0, 0.1) is 45.3 Å². The topological polar surface area (TPSA) is 97.4 Å². The Labute approximate surface area is 178 Å². The van der Waals surface area contributed by atoms with Crippen LogP contribution in [0.1, 0.15) is 43.2 Å². The molecule has 0 saturated heterocycles. The predicted octanol–water partition coefficient (Wildman–Crippen LogP) is 5.31. The van der Waals surface area contributed by atoms with Gasteiger partial charge in [-0.3, -0.25) is 0 Å². The van der Waals surface area contributed by atoms with Gasteiger partial charge in [-0.15, -0.1) is 0 Å². The minimum absolute atomic E-state index is 0.0586. The Morgan fingerprint density at radius 3 is 1.93 bits per heavy atom. The third-order valence-electron chi connectivity index (χ3n) is 6.18. The van der Waals surface area contributed by atoms with Gasteiger partial charge in [0.15, 0.2) is 5.41 Å². The Morgan fingerprint density at radius 1 is 0.900 bits per heavy atom. The minimum atomic E-state index is -1.57. The first-order chi connectivity index (χ1) is 14.5. The molecule has 0 aromatic heterocycles. The molecule has 0 aliphatic heterocycles. The molecule has 148 valence electrons. The van der Waals surface area contributed by atoms with Crippen molar-refractivity contribution >= 4 is 0 Å². The largest absolute Gasteiger partial charge is 0.399 e. The van der Waals surface area contributed by atoms with E-state index in [1.807, 2.05) is 48.5 Å². The number of hydrogen-bond donors (Lipinski definition) is 1. The van der Waals surface area contributed by atoms with Crippen molar-refractivity contribution in [3.63, 3.8) is 0 Å². The summed E-state index contributed by atoms with van der Waals surface area (Å²) >= 11 is 0. The number of allylic oxidation sites excluding steroid dienone is 4. The fourth-order valence-corrected chi connectivity index (χ4v) is 4.33. The van der Waals surface area contributed by atoms with Gasteiger partial charge in [0.25, 0.3) is 0 Å². The van der Waals surface area contributed by atoms with E-state index in [-0.39, 0.29) is 23.1 Å². The smallest absolute Gasteiger partial charge is 0.190 e. The van der Waals surface area contributed by atoms with Crippen LogP contribution in [-0.4, -0.2) is 0 Å². The van der Waals surface area contributed by atoms with Crippen LogP contribution in [0.2, 0.25) is 0 Å². The van der Waals surface area contributed by atoms with Crippen LogP contribution in [0.25, 0.3) is 0 Å². The molecule has 3 rings (SSSR count). The molecule has 2 aromatic rings. The maximum absolute atomic E-state index is 10.1. The van der Waals surface area contributed by atoms with Gasteiger partial charge in [0, 0.05) is 11.8 Å². The van der Waals surface area contributed by atoms with Gasteiger partial charge in [-0.25, -0.2) is 0 Å². The quantitative estimate of drug-likeness (QED) is 0.745. The van der Waals surface area contributed by atoms with Gasteiger partial charge in [-0.1, -0.05) is 80.1 Å². The molecule has 1 aliphatic rings. The molecule has 0 heterocycles. The fraction of sp³-hybridized carbons (Fsp3) is 0.269. The molecule has 30 heavy (non-hydrogen) atoms. The third kappa shape index (κ3) is 3.59. The van der Waals surface area contributed by atoms with E-state index in [1.54, 1.807) is 6.08 Å². The number of hydrogen-bond acceptors (Lipinski definition) is 4. The second-order valence-corrected chi connectivity index (χ2v) is 7.85. The molecule has 2 aromatic carbocycles. The molecule has 3 atom stereocenters. The molecule has 0 bridgehead atoms. The highest BCUT2D eigenvalue weighted by Gasteiger charge is 2.49. The lowest BCUT2D eigenvalue weighted by molar-refractivity contribution is 0.347. The normalized spacial score (nSPS) is 19.6. The maximum atomic E-state index is 10.1. The van der Waals surface area contributed by atoms with Gasteiger partial charge < -0.3 is 5.73 Å². The van der Waals surface area contributed by atoms with E-state index in [1.165, 1.54) is 0 Å². The molecule has 0 radical (unpaired) electrons. The van der Waals surface area contributed by atoms with Crippen molar-refractivity contribution in [2.24, 2.45) is 17.1 Å². The molecule has 1 aliphatic carbocycles. The first kappa shape index (κ1) is 20.9. The Balaban J connectivity index is 2.14. The van der Waals surface area contributed by atoms with Crippen molar-refractivity contribution in [3.05, 3.63) is 94.7 Å². The van der Waals surface area contributed by atoms with Gasteiger partial charge in [-0.05, 0) is 29.5 Å². The monoisotopic (exact) mass is 392 g/mol. The van der Waals surface area contributed by atoms with Crippen molar-refractivity contribution in [1.29, 1.82) is 15.8 Å². The summed E-state index contributed by atoms with van der Waals surface area (Å²) in [5.74, 6) is -0.369. The summed E-state index contributed by atoms with van der Waals surface area (Å²) in [7, 11) is 0. The number of nitriles is 3. The molecule has 4 nitrogen and oxygen atoms in total. The van der Waals surface area contributed by atoms with E-state index in [9.17, 15) is 15.8 Å². The fourth-order valence-electron chi connectivity index (χ4n) is 4.33. The molecule has 0 spiro atoms. The van der Waals surface area contributed by atoms with E-state index >= 15 is 0 Å². The summed E-state index contributed by atoms with van der Waals surface area (Å²) in [6.07, 6.45) is 2.37. The van der Waals surface area contributed by atoms with E-state index < -0.39 is 11.3 Å². The van der Waals surface area contributed by atoms with Crippen LogP contribution in [-0.2, 0) is 0 Å². The van der Waals surface area contributed by atoms with E-state index in [0.29, 0.717) is 6.42 Å². The molecule has 4 heteroatoms. The Kier molecular flexibility index (Phi) is 6.06. The van der Waals surface area contributed by atoms with Crippen LogP contribution < -0.4 is 5.73 Å². The molecular formula is C26H24N4. The zero-order valence-corrected chi connectivity index (χ0v) is 17.2. The van der Waals surface area contributed by atoms with Crippen LogP contribution in [0.3, 0.4) is 0 Å². The Bertz CT molecular complexity index is 1080. The molecule has 0 amide bonds. The van der Waals surface area contributed by atoms with Crippen molar-refractivity contribution in [2.45, 2.75) is 32.1 Å². The van der Waals surface area contributed by atoms with E-state index in [0.717, 1.165) is 16.7 Å². The van der Waals surface area contributed by atoms with E-state index in [4.69, 9.17) is 5.73 Å². The van der Waals surface area contributed by atoms with Crippen LogP contribution in [0.15, 0.2) is 83.6 Å². The number of nitrogens with two attached hydrogens (primary N) is 1. The van der Waals surface area contributed by atoms with Crippen LogP contribution in [0.4, 0.5) is 0 Å². The van der Waals surface area contributed by atoms with Crippen molar-refractivity contribution in [3.8, 4) is 18.2 Å². The van der Waals surface area contributed by atoms with Gasteiger partial charge in [0.2, 0.25) is 0 Å². The standard InChI is InChI=1S/C26H24N4/c1-18(20-9-5-3-6-10-20)13-24-23(19(2)21-11-7-4-8-12-21)14-22(15-27)25(30)26(24,16-28)17-29/h3-12,14,18-19,24H,13,30H2,1-2H3. The van der Waals surface area contributed by atoms with E-state index in [2.05, 4.69) is 44.2 Å². The molecule has 2 N–H and O–H groups in total. The highest BCUT2D eigenvalue weighted by atomic mass is 14.7. The van der Waals surface area contributed by atoms with Crippen LogP contribution >= 0.6 is 0 Å². The highest BCUT2D eigenvalue weighted by Crippen LogP contribution is 2.50. The average Bonchev–Trinajstić information content (AvgIpc) is 2.80. The predicted molar refractivity (Wildman–Crippen MR) is 116 cm³/mol. The van der Waals surface area contributed by atoms with Crippen molar-refractivity contribution in [1.82, 2.24) is 0 Å². The Morgan fingerprint density at radius 2 is 1.43 bits per heavy atom. The van der Waals surface area contributed by atoms with Crippen LogP contribution in [0.5, 0.6) is 0 Å². The van der Waals surface area contributed by atoms with Gasteiger partial charge in [0.05, 0.1) is 23.4 Å². The second-order valence-electron chi connectivity index (χ2n) is 7.85. The molecular weight excluding hydrogens is 368 g/mol. The van der Waals surface area contributed by atoms with Gasteiger partial charge in [0.1, 0.15) is 6.07 Å². The minimum Gasteiger partial charge on any atom is -0.399 e. The lowest BCUT2D eigenvalue weighted by Gasteiger charge is -2.39. The van der Waals surface area contributed by atoms with Crippen molar-refractivity contribution in [2.75, 3.05) is 0 Å². The number of rotatable bonds is 5. The second kappa shape index (κ2) is 8.69. The number of benzene rings is 2. The molecule has 3 unspecified atom stereocenters. The SMILES string of the molecule is CC(CC1C(C(C)c2ccccc2)=CC(C#N)=C(N)C1(C#N)C#N)c1ccccc1. The molecule has 0 fully saturated rings. The summed E-state index contributed by atoms with van der Waals surface area (Å²) in [6, 6.07) is 26.5. The third-order valence-corrected chi connectivity index (χ3v) is 6.18. The summed E-state index contributed by atoms with van der Waals surface area (Å²) in [5, 5.41) is 29.9. The summed E-state index contributed by atoms with van der Waals surface area (Å²) < 4.78 is 0. The zero-order chi connectivity index (χ0) is 21.7. The Hall–Kier alpha value is -3.81. The average molecular weight is 393 g/mol. The number of nitrogens with zero attached hydrogens (tertiary/aromatic N) is 3. The first-order valence-electron chi connectivity index (χ1n) is 10.0. The highest BCUT2D eigenvalue weighted by molar-refractivity contribution is 5.55. The summed E-state index contributed by atoms with van der Waals surface area (Å²) in [5.41, 5.74) is 8.08. The first-order valence-corrected chi connectivity index (χ1v) is 10.0. The summed E-state index contributed by atoms with van der Waals surface area (Å²) in [4.78, 5) is 0. The van der Waals surface area contributed by atoms with Gasteiger partial charge in [-0.2, -0.15) is 15.8 Å². The lowest BCUT2D eigenvalue weighted by atomic mass is 9.61. The molecule has 0 saturated carbocycles. The van der Waals surface area contributed by atoms with Crippen molar-refractivity contribution < 1.29 is 0 Å². The summed E-state index contributed by atoms with van der Waals surface area (Å²) in [6.45, 7) is 4.15.